The zero-order valence-electron chi connectivity index (χ0n) is 11.3. The van der Waals surface area contributed by atoms with Gasteiger partial charge in [-0.25, -0.2) is 0 Å². The summed E-state index contributed by atoms with van der Waals surface area (Å²) >= 11 is 0. The molecule has 4 nitrogen and oxygen atoms in total. The first kappa shape index (κ1) is 15.4. The van der Waals surface area contributed by atoms with Gasteiger partial charge in [0.25, 0.3) is 0 Å². The fourth-order valence-corrected chi connectivity index (χ4v) is 1.71. The van der Waals surface area contributed by atoms with Gasteiger partial charge in [-0.2, -0.15) is 0 Å². The molecule has 0 heterocycles. The largest absolute Gasteiger partial charge is 0.368 e. The lowest BCUT2D eigenvalue weighted by Crippen LogP contribution is -2.38. The van der Waals surface area contributed by atoms with E-state index >= 15 is 0 Å². The molecular weight excluding hydrogens is 240 g/mol. The molecule has 0 aliphatic rings. The molecule has 104 valence electrons. The van der Waals surface area contributed by atoms with Gasteiger partial charge in [0.15, 0.2) is 0 Å². The molecule has 0 aromatic heterocycles. The molecule has 1 aromatic carbocycles. The summed E-state index contributed by atoms with van der Waals surface area (Å²) in [5.74, 6) is -0.0904. The van der Waals surface area contributed by atoms with Crippen LogP contribution in [-0.4, -0.2) is 31.7 Å². The number of nitrogens with two attached hydrogens (primary N) is 1. The summed E-state index contributed by atoms with van der Waals surface area (Å²) in [6.45, 7) is 3.37. The number of amides is 1. The van der Waals surface area contributed by atoms with Crippen molar-refractivity contribution in [1.29, 1.82) is 0 Å². The summed E-state index contributed by atoms with van der Waals surface area (Å²) in [6.07, 6.45) is 3.79. The van der Waals surface area contributed by atoms with Gasteiger partial charge in [0.1, 0.15) is 6.10 Å². The summed E-state index contributed by atoms with van der Waals surface area (Å²) in [7, 11) is 0. The smallest absolute Gasteiger partial charge is 0.249 e. The highest BCUT2D eigenvalue weighted by molar-refractivity contribution is 5.81. The minimum absolute atomic E-state index is 0.0904. The number of carbonyl (C=O) groups is 1. The van der Waals surface area contributed by atoms with E-state index in [9.17, 15) is 4.79 Å². The fourth-order valence-electron chi connectivity index (χ4n) is 1.71. The Hall–Kier alpha value is -1.65. The second kappa shape index (κ2) is 9.30. The maximum absolute atomic E-state index is 12.0. The van der Waals surface area contributed by atoms with E-state index in [1.165, 1.54) is 0 Å². The van der Waals surface area contributed by atoms with Crippen LogP contribution < -0.4 is 11.1 Å². The predicted octanol–water partition coefficient (Wildman–Crippen LogP) is 1.27. The Kier molecular flexibility index (Phi) is 7.54. The van der Waals surface area contributed by atoms with Gasteiger partial charge in [0.2, 0.25) is 5.91 Å². The molecule has 1 atom stereocenters. The SMILES string of the molecule is CCOC(Cc1ccccc1)C(=O)NCC=CCN. The first-order chi connectivity index (χ1) is 9.27. The lowest BCUT2D eigenvalue weighted by molar-refractivity contribution is -0.132. The van der Waals surface area contributed by atoms with Gasteiger partial charge in [-0.15, -0.1) is 0 Å². The molecule has 4 heteroatoms. The van der Waals surface area contributed by atoms with Gasteiger partial charge in [-0.1, -0.05) is 42.5 Å². The van der Waals surface area contributed by atoms with E-state index in [4.69, 9.17) is 10.5 Å². The molecule has 19 heavy (non-hydrogen) atoms. The number of benzene rings is 1. The lowest BCUT2D eigenvalue weighted by atomic mass is 10.1. The highest BCUT2D eigenvalue weighted by Gasteiger charge is 2.18. The second-order valence-electron chi connectivity index (χ2n) is 4.09. The minimum Gasteiger partial charge on any atom is -0.368 e. The molecule has 0 fully saturated rings. The number of nitrogens with one attached hydrogen (secondary N) is 1. The lowest BCUT2D eigenvalue weighted by Gasteiger charge is -2.16. The van der Waals surface area contributed by atoms with Crippen molar-refractivity contribution < 1.29 is 9.53 Å². The molecule has 0 bridgehead atoms. The molecule has 1 unspecified atom stereocenters. The van der Waals surface area contributed by atoms with E-state index in [1.807, 2.05) is 49.4 Å². The van der Waals surface area contributed by atoms with Crippen molar-refractivity contribution >= 4 is 5.91 Å². The Morgan fingerprint density at radius 1 is 1.37 bits per heavy atom. The molecule has 0 spiro atoms. The van der Waals surface area contributed by atoms with Crippen molar-refractivity contribution in [2.24, 2.45) is 5.73 Å². The van der Waals surface area contributed by atoms with Gasteiger partial charge < -0.3 is 15.8 Å². The normalized spacial score (nSPS) is 12.5. The van der Waals surface area contributed by atoms with Crippen LogP contribution in [0.1, 0.15) is 12.5 Å². The number of rotatable bonds is 8. The van der Waals surface area contributed by atoms with Gasteiger partial charge >= 0.3 is 0 Å². The zero-order valence-corrected chi connectivity index (χ0v) is 11.3. The van der Waals surface area contributed by atoms with Crippen LogP contribution in [0.3, 0.4) is 0 Å². The maximum Gasteiger partial charge on any atom is 0.249 e. The summed E-state index contributed by atoms with van der Waals surface area (Å²) in [6, 6.07) is 9.86. The quantitative estimate of drug-likeness (QED) is 0.693. The Balaban J connectivity index is 2.51. The molecule has 0 saturated heterocycles. The average Bonchev–Trinajstić information content (AvgIpc) is 2.44. The summed E-state index contributed by atoms with van der Waals surface area (Å²) in [4.78, 5) is 12.0. The topological polar surface area (TPSA) is 64.3 Å². The van der Waals surface area contributed by atoms with Crippen molar-refractivity contribution in [3.05, 3.63) is 48.0 Å². The summed E-state index contributed by atoms with van der Waals surface area (Å²) < 4.78 is 5.50. The zero-order chi connectivity index (χ0) is 13.9. The van der Waals surface area contributed by atoms with E-state index in [0.29, 0.717) is 26.1 Å². The van der Waals surface area contributed by atoms with Crippen molar-refractivity contribution in [1.82, 2.24) is 5.32 Å². The molecule has 0 aliphatic carbocycles. The van der Waals surface area contributed by atoms with Crippen molar-refractivity contribution in [2.45, 2.75) is 19.4 Å². The Bertz CT molecular complexity index is 390. The predicted molar refractivity (Wildman–Crippen MR) is 76.8 cm³/mol. The molecule has 0 radical (unpaired) electrons. The molecular formula is C15H22N2O2. The van der Waals surface area contributed by atoms with Crippen LogP contribution in [0.2, 0.25) is 0 Å². The van der Waals surface area contributed by atoms with Crippen LogP contribution in [-0.2, 0) is 16.0 Å². The van der Waals surface area contributed by atoms with Crippen LogP contribution in [0.4, 0.5) is 0 Å². The van der Waals surface area contributed by atoms with Crippen molar-refractivity contribution in [3.8, 4) is 0 Å². The van der Waals surface area contributed by atoms with E-state index in [0.717, 1.165) is 5.56 Å². The standard InChI is InChI=1S/C15H22N2O2/c1-2-19-14(12-13-8-4-3-5-9-13)15(18)17-11-7-6-10-16/h3-9,14H,2,10-12,16H2,1H3,(H,17,18). The van der Waals surface area contributed by atoms with Crippen LogP contribution in [0, 0.1) is 0 Å². The highest BCUT2D eigenvalue weighted by Crippen LogP contribution is 2.06. The molecule has 1 amide bonds. The number of hydrogen-bond donors (Lipinski definition) is 2. The fraction of sp³-hybridized carbons (Fsp3) is 0.400. The van der Waals surface area contributed by atoms with Gasteiger partial charge in [-0.3, -0.25) is 4.79 Å². The van der Waals surface area contributed by atoms with E-state index < -0.39 is 6.10 Å². The Morgan fingerprint density at radius 2 is 2.11 bits per heavy atom. The number of carbonyl (C=O) groups excluding carboxylic acids is 1. The maximum atomic E-state index is 12.0. The monoisotopic (exact) mass is 262 g/mol. The third-order valence-corrected chi connectivity index (χ3v) is 2.62. The second-order valence-corrected chi connectivity index (χ2v) is 4.09. The van der Waals surface area contributed by atoms with E-state index in [-0.39, 0.29) is 5.91 Å². The third kappa shape index (κ3) is 6.18. The Morgan fingerprint density at radius 3 is 2.74 bits per heavy atom. The van der Waals surface area contributed by atoms with Gasteiger partial charge in [-0.05, 0) is 12.5 Å². The third-order valence-electron chi connectivity index (χ3n) is 2.62. The molecule has 0 saturated carbocycles. The number of ether oxygens (including phenoxy) is 1. The highest BCUT2D eigenvalue weighted by atomic mass is 16.5. The number of hydrogen-bond acceptors (Lipinski definition) is 3. The molecule has 1 aromatic rings. The first-order valence-electron chi connectivity index (χ1n) is 6.56. The van der Waals surface area contributed by atoms with Gasteiger partial charge in [0.05, 0.1) is 0 Å². The van der Waals surface area contributed by atoms with Crippen LogP contribution in [0.15, 0.2) is 42.5 Å². The van der Waals surface area contributed by atoms with E-state index in [1.54, 1.807) is 0 Å². The first-order valence-corrected chi connectivity index (χ1v) is 6.56. The Labute approximate surface area is 114 Å². The summed E-state index contributed by atoms with van der Waals surface area (Å²) in [5, 5.41) is 2.82. The van der Waals surface area contributed by atoms with Gasteiger partial charge in [0, 0.05) is 26.1 Å². The van der Waals surface area contributed by atoms with Crippen LogP contribution >= 0.6 is 0 Å². The molecule has 1 rings (SSSR count). The molecule has 0 aliphatic heterocycles. The van der Waals surface area contributed by atoms with Crippen LogP contribution in [0.25, 0.3) is 0 Å². The summed E-state index contributed by atoms with van der Waals surface area (Å²) in [5.41, 5.74) is 6.42. The van der Waals surface area contributed by atoms with Crippen molar-refractivity contribution in [3.63, 3.8) is 0 Å². The molecule has 3 N–H and O–H groups in total. The van der Waals surface area contributed by atoms with E-state index in [2.05, 4.69) is 5.32 Å². The van der Waals surface area contributed by atoms with Crippen molar-refractivity contribution in [2.75, 3.05) is 19.7 Å². The average molecular weight is 262 g/mol. The minimum atomic E-state index is -0.446. The van der Waals surface area contributed by atoms with Crippen LogP contribution in [0.5, 0.6) is 0 Å².